The number of likely N-dealkylation sites (N-methyl/N-ethyl adjacent to an activating group) is 1. The summed E-state index contributed by atoms with van der Waals surface area (Å²) in [4.78, 5) is 14.8. The molecular formula is C24H30N2O4. The summed E-state index contributed by atoms with van der Waals surface area (Å²) in [5.41, 5.74) is 2.36. The number of alkyl carbamates (subject to hydrolysis) is 1. The predicted molar refractivity (Wildman–Crippen MR) is 119 cm³/mol. The lowest BCUT2D eigenvalue weighted by Crippen LogP contribution is -2.46. The first kappa shape index (κ1) is 21.6. The lowest BCUT2D eigenvalue weighted by atomic mass is 9.87. The van der Waals surface area contributed by atoms with E-state index in [-0.39, 0.29) is 12.1 Å². The molecule has 6 nitrogen and oxygen atoms in total. The molecule has 1 amide bonds. The van der Waals surface area contributed by atoms with E-state index in [0.717, 1.165) is 16.8 Å². The van der Waals surface area contributed by atoms with E-state index in [9.17, 15) is 4.79 Å². The number of rotatable bonds is 5. The van der Waals surface area contributed by atoms with Crippen molar-refractivity contribution in [3.63, 3.8) is 0 Å². The minimum Gasteiger partial charge on any atom is -0.493 e. The SMILES string of the molecule is COc1cc2c(cc1OC)[C@@H](NC(=O)OC(C)(C)C)[C@H](N(C)c1ccccc1)C=C2. The predicted octanol–water partition coefficient (Wildman–Crippen LogP) is 4.80. The minimum atomic E-state index is -0.587. The fourth-order valence-corrected chi connectivity index (χ4v) is 3.61. The molecule has 0 spiro atoms. The standard InChI is InChI=1S/C24H30N2O4/c1-24(2,3)30-23(27)25-22-18-15-21(29-6)20(28-5)14-16(18)12-13-19(22)26(4)17-10-8-7-9-11-17/h7-15,19,22H,1-6H3,(H,25,27)/t19-,22-/m1/s1. The van der Waals surface area contributed by atoms with E-state index in [1.807, 2.05) is 70.3 Å². The number of hydrogen-bond donors (Lipinski definition) is 1. The molecule has 2 aromatic rings. The van der Waals surface area contributed by atoms with Crippen LogP contribution in [0.25, 0.3) is 6.08 Å². The van der Waals surface area contributed by atoms with E-state index in [2.05, 4.69) is 22.4 Å². The van der Waals surface area contributed by atoms with E-state index in [4.69, 9.17) is 14.2 Å². The second-order valence-corrected chi connectivity index (χ2v) is 8.26. The summed E-state index contributed by atoms with van der Waals surface area (Å²) in [6.45, 7) is 5.55. The number of methoxy groups -OCH3 is 2. The molecule has 1 aliphatic carbocycles. The van der Waals surface area contributed by atoms with Gasteiger partial charge in [0.15, 0.2) is 11.5 Å². The molecule has 2 aromatic carbocycles. The Bertz CT molecular complexity index is 919. The quantitative estimate of drug-likeness (QED) is 0.767. The molecule has 0 heterocycles. The molecule has 0 unspecified atom stereocenters. The maximum Gasteiger partial charge on any atom is 0.408 e. The fraction of sp³-hybridized carbons (Fsp3) is 0.375. The van der Waals surface area contributed by atoms with Gasteiger partial charge in [0.05, 0.1) is 26.3 Å². The van der Waals surface area contributed by atoms with Crippen molar-refractivity contribution in [3.05, 3.63) is 59.7 Å². The highest BCUT2D eigenvalue weighted by Gasteiger charge is 2.33. The fourth-order valence-electron chi connectivity index (χ4n) is 3.61. The number of carbonyl (C=O) groups excluding carboxylic acids is 1. The van der Waals surface area contributed by atoms with Crippen LogP contribution >= 0.6 is 0 Å². The van der Waals surface area contributed by atoms with Gasteiger partial charge in [0.2, 0.25) is 0 Å². The monoisotopic (exact) mass is 410 g/mol. The number of fused-ring (bicyclic) bond motifs is 1. The summed E-state index contributed by atoms with van der Waals surface area (Å²) in [5, 5.41) is 3.07. The highest BCUT2D eigenvalue weighted by Crippen LogP contribution is 2.39. The summed E-state index contributed by atoms with van der Waals surface area (Å²) < 4.78 is 16.5. The van der Waals surface area contributed by atoms with Crippen LogP contribution in [0.15, 0.2) is 48.5 Å². The smallest absolute Gasteiger partial charge is 0.408 e. The van der Waals surface area contributed by atoms with Crippen molar-refractivity contribution in [2.75, 3.05) is 26.2 Å². The van der Waals surface area contributed by atoms with Crippen molar-refractivity contribution in [1.29, 1.82) is 0 Å². The molecule has 1 N–H and O–H groups in total. The second-order valence-electron chi connectivity index (χ2n) is 8.26. The zero-order valence-electron chi connectivity index (χ0n) is 18.4. The molecule has 30 heavy (non-hydrogen) atoms. The Labute approximate surface area is 178 Å². The molecule has 1 aliphatic rings. The van der Waals surface area contributed by atoms with Crippen molar-refractivity contribution in [2.24, 2.45) is 0 Å². The zero-order valence-corrected chi connectivity index (χ0v) is 18.4. The van der Waals surface area contributed by atoms with Crippen molar-refractivity contribution < 1.29 is 19.0 Å². The van der Waals surface area contributed by atoms with Gasteiger partial charge < -0.3 is 24.4 Å². The maximum atomic E-state index is 12.7. The second kappa shape index (κ2) is 8.69. The topological polar surface area (TPSA) is 60.0 Å². The highest BCUT2D eigenvalue weighted by molar-refractivity contribution is 5.72. The van der Waals surface area contributed by atoms with Gasteiger partial charge in [-0.05, 0) is 56.2 Å². The van der Waals surface area contributed by atoms with Crippen LogP contribution in [0.1, 0.15) is 37.9 Å². The first-order valence-electron chi connectivity index (χ1n) is 9.95. The highest BCUT2D eigenvalue weighted by atomic mass is 16.6. The number of nitrogens with zero attached hydrogens (tertiary/aromatic N) is 1. The Balaban J connectivity index is 2.02. The van der Waals surface area contributed by atoms with Gasteiger partial charge in [0.25, 0.3) is 0 Å². The van der Waals surface area contributed by atoms with E-state index in [0.29, 0.717) is 11.5 Å². The molecule has 6 heteroatoms. The van der Waals surface area contributed by atoms with Gasteiger partial charge in [-0.15, -0.1) is 0 Å². The summed E-state index contributed by atoms with van der Waals surface area (Å²) in [5.74, 6) is 1.26. The van der Waals surface area contributed by atoms with Crippen molar-refractivity contribution >= 4 is 17.9 Å². The first-order valence-corrected chi connectivity index (χ1v) is 9.95. The Morgan fingerprint density at radius 2 is 1.67 bits per heavy atom. The Kier molecular flexibility index (Phi) is 6.25. The van der Waals surface area contributed by atoms with Crippen LogP contribution in [0, 0.1) is 0 Å². The van der Waals surface area contributed by atoms with Crippen LogP contribution in [-0.2, 0) is 4.74 Å². The normalized spacial score (nSPS) is 17.7. The van der Waals surface area contributed by atoms with Crippen LogP contribution in [0.4, 0.5) is 10.5 Å². The van der Waals surface area contributed by atoms with Crippen LogP contribution in [0.2, 0.25) is 0 Å². The Hall–Kier alpha value is -3.15. The Morgan fingerprint density at radius 3 is 2.27 bits per heavy atom. The van der Waals surface area contributed by atoms with Gasteiger partial charge in [0.1, 0.15) is 5.60 Å². The average molecular weight is 411 g/mol. The van der Waals surface area contributed by atoms with Crippen LogP contribution in [0.5, 0.6) is 11.5 Å². The lowest BCUT2D eigenvalue weighted by molar-refractivity contribution is 0.0499. The van der Waals surface area contributed by atoms with Gasteiger partial charge in [-0.1, -0.05) is 30.4 Å². The van der Waals surface area contributed by atoms with Crippen molar-refractivity contribution in [3.8, 4) is 11.5 Å². The number of amides is 1. The van der Waals surface area contributed by atoms with E-state index >= 15 is 0 Å². The number of para-hydroxylation sites is 1. The molecule has 0 bridgehead atoms. The third-order valence-corrected chi connectivity index (χ3v) is 5.02. The molecule has 0 saturated heterocycles. The summed E-state index contributed by atoms with van der Waals surface area (Å²) in [7, 11) is 5.23. The van der Waals surface area contributed by atoms with Crippen molar-refractivity contribution in [2.45, 2.75) is 38.5 Å². The molecule has 0 fully saturated rings. The number of benzene rings is 2. The van der Waals surface area contributed by atoms with E-state index < -0.39 is 11.7 Å². The van der Waals surface area contributed by atoms with Gasteiger partial charge in [-0.25, -0.2) is 4.79 Å². The van der Waals surface area contributed by atoms with E-state index in [1.54, 1.807) is 14.2 Å². The average Bonchev–Trinajstić information content (AvgIpc) is 2.71. The summed E-state index contributed by atoms with van der Waals surface area (Å²) >= 11 is 0. The first-order chi connectivity index (χ1) is 14.2. The molecule has 2 atom stereocenters. The zero-order chi connectivity index (χ0) is 21.9. The third kappa shape index (κ3) is 4.70. The third-order valence-electron chi connectivity index (χ3n) is 5.02. The van der Waals surface area contributed by atoms with Crippen LogP contribution in [-0.4, -0.2) is 39.0 Å². The molecular weight excluding hydrogens is 380 g/mol. The molecule has 0 saturated carbocycles. The number of nitrogens with one attached hydrogen (secondary N) is 1. The number of ether oxygens (including phenoxy) is 3. The molecule has 3 rings (SSSR count). The van der Waals surface area contributed by atoms with Crippen LogP contribution < -0.4 is 19.7 Å². The minimum absolute atomic E-state index is 0.120. The van der Waals surface area contributed by atoms with Crippen LogP contribution in [0.3, 0.4) is 0 Å². The Morgan fingerprint density at radius 1 is 1.03 bits per heavy atom. The summed E-state index contributed by atoms with van der Waals surface area (Å²) in [6.07, 6.45) is 3.67. The largest absolute Gasteiger partial charge is 0.493 e. The van der Waals surface area contributed by atoms with Gasteiger partial charge in [0, 0.05) is 12.7 Å². The lowest BCUT2D eigenvalue weighted by Gasteiger charge is -2.38. The van der Waals surface area contributed by atoms with Gasteiger partial charge in [-0.3, -0.25) is 0 Å². The molecule has 0 aliphatic heterocycles. The maximum absolute atomic E-state index is 12.7. The number of anilines is 1. The molecule has 0 aromatic heterocycles. The summed E-state index contributed by atoms with van der Waals surface area (Å²) in [6, 6.07) is 13.4. The van der Waals surface area contributed by atoms with Gasteiger partial charge >= 0.3 is 6.09 Å². The number of hydrogen-bond acceptors (Lipinski definition) is 5. The molecule has 160 valence electrons. The molecule has 0 radical (unpaired) electrons. The number of carbonyl (C=O) groups is 1. The van der Waals surface area contributed by atoms with Crippen molar-refractivity contribution in [1.82, 2.24) is 5.32 Å². The van der Waals surface area contributed by atoms with E-state index in [1.165, 1.54) is 0 Å². The van der Waals surface area contributed by atoms with Gasteiger partial charge in [-0.2, -0.15) is 0 Å².